The smallest absolute Gasteiger partial charge is 0.162 e. The maximum atomic E-state index is 4.89. The van der Waals surface area contributed by atoms with E-state index in [0.717, 1.165) is 52.1 Å². The van der Waals surface area contributed by atoms with Gasteiger partial charge in [-0.05, 0) is 57.0 Å². The zero-order chi connectivity index (χ0) is 23.2. The van der Waals surface area contributed by atoms with Crippen LogP contribution < -0.4 is 4.90 Å². The fourth-order valence-corrected chi connectivity index (χ4v) is 5.59. The molecule has 0 saturated carbocycles. The number of nitrogens with zero attached hydrogens (tertiary/aromatic N) is 7. The summed E-state index contributed by atoms with van der Waals surface area (Å²) in [4.78, 5) is 17.2. The Labute approximate surface area is 201 Å². The number of hydrogen-bond acceptors (Lipinski definition) is 6. The second kappa shape index (κ2) is 8.64. The molecule has 2 aliphatic rings. The van der Waals surface area contributed by atoms with Crippen LogP contribution in [0.5, 0.6) is 0 Å². The van der Waals surface area contributed by atoms with Gasteiger partial charge in [0.15, 0.2) is 5.65 Å². The van der Waals surface area contributed by atoms with Gasteiger partial charge in [0.2, 0.25) is 0 Å². The minimum atomic E-state index is 0.713. The van der Waals surface area contributed by atoms with Crippen molar-refractivity contribution in [1.29, 1.82) is 0 Å². The van der Waals surface area contributed by atoms with E-state index in [1.165, 1.54) is 44.6 Å². The Balaban J connectivity index is 1.24. The van der Waals surface area contributed by atoms with Gasteiger partial charge in [0.25, 0.3) is 0 Å². The molecule has 5 heterocycles. The minimum Gasteiger partial charge on any atom is -0.369 e. The van der Waals surface area contributed by atoms with Gasteiger partial charge < -0.3 is 9.80 Å². The highest BCUT2D eigenvalue weighted by Crippen LogP contribution is 2.32. The van der Waals surface area contributed by atoms with Crippen LogP contribution in [0, 0.1) is 13.8 Å². The summed E-state index contributed by atoms with van der Waals surface area (Å²) >= 11 is 0. The van der Waals surface area contributed by atoms with Crippen molar-refractivity contribution >= 4 is 22.2 Å². The third-order valence-electron chi connectivity index (χ3n) is 7.61. The van der Waals surface area contributed by atoms with Crippen LogP contribution >= 0.6 is 0 Å². The summed E-state index contributed by atoms with van der Waals surface area (Å²) in [7, 11) is 2.23. The summed E-state index contributed by atoms with van der Waals surface area (Å²) in [6.45, 7) is 11.1. The first-order valence-electron chi connectivity index (χ1n) is 12.4. The monoisotopic (exact) mass is 455 g/mol. The molecule has 0 radical (unpaired) electrons. The molecule has 7 heteroatoms. The first kappa shape index (κ1) is 21.5. The van der Waals surface area contributed by atoms with Gasteiger partial charge in [-0.25, -0.2) is 9.50 Å². The number of pyridine rings is 1. The van der Waals surface area contributed by atoms with Crippen molar-refractivity contribution in [2.75, 3.05) is 51.2 Å². The SMILES string of the molecule is Cc1ccc2c(-c3cnn4cc(N5CCC(N6CCN(C)CC6)CC5)cnc34)cc(C)nc2c1. The van der Waals surface area contributed by atoms with E-state index in [4.69, 9.17) is 15.1 Å². The summed E-state index contributed by atoms with van der Waals surface area (Å²) in [5.41, 5.74) is 7.50. The van der Waals surface area contributed by atoms with Crippen molar-refractivity contribution in [2.45, 2.75) is 32.7 Å². The second-order valence-electron chi connectivity index (χ2n) is 10.0. The highest BCUT2D eigenvalue weighted by atomic mass is 15.3. The molecule has 0 bridgehead atoms. The number of anilines is 1. The van der Waals surface area contributed by atoms with Crippen molar-refractivity contribution in [2.24, 2.45) is 0 Å². The van der Waals surface area contributed by atoms with Crippen LogP contribution in [0.4, 0.5) is 5.69 Å². The fourth-order valence-electron chi connectivity index (χ4n) is 5.59. The largest absolute Gasteiger partial charge is 0.369 e. The lowest BCUT2D eigenvalue weighted by molar-refractivity contribution is 0.0982. The Hall–Kier alpha value is -3.03. The molecule has 4 aromatic rings. The van der Waals surface area contributed by atoms with Gasteiger partial charge >= 0.3 is 0 Å². The van der Waals surface area contributed by atoms with Crippen molar-refractivity contribution in [3.8, 4) is 11.1 Å². The maximum Gasteiger partial charge on any atom is 0.162 e. The number of benzene rings is 1. The Morgan fingerprint density at radius 2 is 1.68 bits per heavy atom. The first-order valence-corrected chi connectivity index (χ1v) is 12.4. The Morgan fingerprint density at radius 3 is 2.47 bits per heavy atom. The molecule has 1 aromatic carbocycles. The molecule has 6 rings (SSSR count). The zero-order valence-electron chi connectivity index (χ0n) is 20.4. The normalized spacial score (nSPS) is 18.9. The van der Waals surface area contributed by atoms with Gasteiger partial charge in [-0.2, -0.15) is 5.10 Å². The molecule has 2 fully saturated rings. The van der Waals surface area contributed by atoms with E-state index < -0.39 is 0 Å². The van der Waals surface area contributed by atoms with Crippen LogP contribution in [0.3, 0.4) is 0 Å². The topological polar surface area (TPSA) is 52.8 Å². The predicted octanol–water partition coefficient (Wildman–Crippen LogP) is 3.78. The Bertz CT molecular complexity index is 1320. The van der Waals surface area contributed by atoms with Gasteiger partial charge in [0.1, 0.15) is 0 Å². The molecule has 3 aromatic heterocycles. The fraction of sp³-hybridized carbons (Fsp3) is 0.444. The van der Waals surface area contributed by atoms with Crippen LogP contribution in [0.15, 0.2) is 42.9 Å². The number of likely N-dealkylation sites (N-methyl/N-ethyl adjacent to an activating group) is 1. The third-order valence-corrected chi connectivity index (χ3v) is 7.61. The molecule has 176 valence electrons. The van der Waals surface area contributed by atoms with Gasteiger partial charge in [-0.3, -0.25) is 9.88 Å². The van der Waals surface area contributed by atoms with E-state index in [1.54, 1.807) is 0 Å². The quantitative estimate of drug-likeness (QED) is 0.469. The van der Waals surface area contributed by atoms with Crippen molar-refractivity contribution in [1.82, 2.24) is 29.4 Å². The molecule has 0 amide bonds. The summed E-state index contributed by atoms with van der Waals surface area (Å²) < 4.78 is 1.94. The summed E-state index contributed by atoms with van der Waals surface area (Å²) in [5.74, 6) is 0. The summed E-state index contributed by atoms with van der Waals surface area (Å²) in [6, 6.07) is 9.31. The number of fused-ring (bicyclic) bond motifs is 2. The molecule has 0 N–H and O–H groups in total. The van der Waals surface area contributed by atoms with Gasteiger partial charge in [-0.1, -0.05) is 12.1 Å². The molecule has 7 nitrogen and oxygen atoms in total. The standard InChI is InChI=1S/C27H33N7/c1-19-4-5-23-24(15-20(2)30-26(23)14-19)25-17-29-34-18-22(16-28-27(25)34)32-8-6-21(7-9-32)33-12-10-31(3)11-13-33/h4-5,14-18,21H,6-13H2,1-3H3. The van der Waals surface area contributed by atoms with Crippen molar-refractivity contribution in [3.05, 3.63) is 54.1 Å². The second-order valence-corrected chi connectivity index (χ2v) is 10.0. The van der Waals surface area contributed by atoms with Crippen LogP contribution in [-0.2, 0) is 0 Å². The predicted molar refractivity (Wildman–Crippen MR) is 138 cm³/mol. The van der Waals surface area contributed by atoms with Gasteiger partial charge in [-0.15, -0.1) is 0 Å². The first-order chi connectivity index (χ1) is 16.5. The van der Waals surface area contributed by atoms with Crippen LogP contribution in [0.25, 0.3) is 27.7 Å². The lowest BCUT2D eigenvalue weighted by atomic mass is 10.0. The van der Waals surface area contributed by atoms with E-state index in [9.17, 15) is 0 Å². The van der Waals surface area contributed by atoms with Crippen LogP contribution in [-0.4, -0.2) is 81.7 Å². The number of hydrogen-bond donors (Lipinski definition) is 0. The van der Waals surface area contributed by atoms with Gasteiger partial charge in [0.05, 0.1) is 29.8 Å². The molecule has 2 saturated heterocycles. The third kappa shape index (κ3) is 3.93. The Kier molecular flexibility index (Phi) is 5.46. The highest BCUT2D eigenvalue weighted by molar-refractivity contribution is 5.98. The lowest BCUT2D eigenvalue weighted by Gasteiger charge is -2.42. The molecular formula is C27H33N7. The van der Waals surface area contributed by atoms with E-state index in [2.05, 4.69) is 59.1 Å². The van der Waals surface area contributed by atoms with Crippen molar-refractivity contribution < 1.29 is 0 Å². The highest BCUT2D eigenvalue weighted by Gasteiger charge is 2.27. The van der Waals surface area contributed by atoms with E-state index in [1.807, 2.05) is 23.8 Å². The molecular weight excluding hydrogens is 422 g/mol. The van der Waals surface area contributed by atoms with Gasteiger partial charge in [0, 0.05) is 62.0 Å². The van der Waals surface area contributed by atoms with Crippen LogP contribution in [0.1, 0.15) is 24.1 Å². The van der Waals surface area contributed by atoms with E-state index in [-0.39, 0.29) is 0 Å². The molecule has 0 unspecified atom stereocenters. The minimum absolute atomic E-state index is 0.713. The van der Waals surface area contributed by atoms with Crippen LogP contribution in [0.2, 0.25) is 0 Å². The Morgan fingerprint density at radius 1 is 0.882 bits per heavy atom. The van der Waals surface area contributed by atoms with E-state index >= 15 is 0 Å². The molecule has 2 aliphatic heterocycles. The average Bonchev–Trinajstić information content (AvgIpc) is 3.27. The number of piperidine rings is 1. The number of aryl methyl sites for hydroxylation is 2. The van der Waals surface area contributed by atoms with Crippen molar-refractivity contribution in [3.63, 3.8) is 0 Å². The molecule has 34 heavy (non-hydrogen) atoms. The average molecular weight is 456 g/mol. The number of rotatable bonds is 3. The maximum absolute atomic E-state index is 4.89. The number of piperazine rings is 1. The summed E-state index contributed by atoms with van der Waals surface area (Å²) in [5, 5.41) is 5.84. The molecule has 0 aliphatic carbocycles. The zero-order valence-corrected chi connectivity index (χ0v) is 20.4. The molecule has 0 atom stereocenters. The summed E-state index contributed by atoms with van der Waals surface area (Å²) in [6.07, 6.45) is 8.54. The number of aromatic nitrogens is 4. The lowest BCUT2D eigenvalue weighted by Crippen LogP contribution is -2.52. The van der Waals surface area contributed by atoms with E-state index in [0.29, 0.717) is 6.04 Å². The molecule has 0 spiro atoms.